The first kappa shape index (κ1) is 20.4. The summed E-state index contributed by atoms with van der Waals surface area (Å²) >= 11 is 0. The van der Waals surface area contributed by atoms with Crippen LogP contribution in [0.2, 0.25) is 0 Å². The number of hydrogen-bond donors (Lipinski definition) is 2. The third-order valence-electron chi connectivity index (χ3n) is 8.81. The maximum atomic E-state index is 12.9. The van der Waals surface area contributed by atoms with E-state index in [1.807, 2.05) is 6.07 Å². The van der Waals surface area contributed by atoms with Gasteiger partial charge in [0.1, 0.15) is 6.04 Å². The first-order valence-corrected chi connectivity index (χ1v) is 12.3. The molecule has 4 atom stereocenters. The summed E-state index contributed by atoms with van der Waals surface area (Å²) in [5, 5.41) is 6.26. The van der Waals surface area contributed by atoms with Gasteiger partial charge in [-0.15, -0.1) is 0 Å². The smallest absolute Gasteiger partial charge is 0.255 e. The van der Waals surface area contributed by atoms with Crippen LogP contribution in [0, 0.1) is 11.8 Å². The normalized spacial score (nSPS) is 34.8. The molecule has 4 unspecified atom stereocenters. The van der Waals surface area contributed by atoms with E-state index < -0.39 is 6.04 Å². The summed E-state index contributed by atoms with van der Waals surface area (Å²) < 4.78 is 0. The molecule has 1 aliphatic carbocycles. The predicted octanol–water partition coefficient (Wildman–Crippen LogP) is 1.80. The second-order valence-electron chi connectivity index (χ2n) is 10.5. The second-order valence-corrected chi connectivity index (χ2v) is 10.5. The Bertz CT molecular complexity index is 978. The maximum Gasteiger partial charge on any atom is 0.255 e. The van der Waals surface area contributed by atoms with Gasteiger partial charge in [-0.05, 0) is 80.6 Å². The van der Waals surface area contributed by atoms with Crippen LogP contribution in [-0.4, -0.2) is 58.7 Å². The van der Waals surface area contributed by atoms with Gasteiger partial charge < -0.3 is 10.2 Å². The SMILES string of the molecule is O=C1CCC(N2Cc3cc(CN4CCCC(C56CCC5CCN6)C4)ccc3C2=O)C(=O)N1. The van der Waals surface area contributed by atoms with Crippen molar-refractivity contribution in [2.75, 3.05) is 19.6 Å². The Hall–Kier alpha value is -2.25. The molecule has 3 saturated heterocycles. The molecule has 6 rings (SSSR count). The first-order chi connectivity index (χ1) is 15.5. The minimum Gasteiger partial charge on any atom is -0.322 e. The van der Waals surface area contributed by atoms with Crippen LogP contribution in [0.3, 0.4) is 0 Å². The largest absolute Gasteiger partial charge is 0.322 e. The molecule has 3 amide bonds. The van der Waals surface area contributed by atoms with Gasteiger partial charge in [-0.25, -0.2) is 0 Å². The summed E-state index contributed by atoms with van der Waals surface area (Å²) in [5.41, 5.74) is 3.34. The number of carbonyl (C=O) groups excluding carboxylic acids is 3. The van der Waals surface area contributed by atoms with Crippen LogP contribution in [0.4, 0.5) is 0 Å². The minimum atomic E-state index is -0.549. The van der Waals surface area contributed by atoms with E-state index in [4.69, 9.17) is 0 Å². The number of hydrogen-bond acceptors (Lipinski definition) is 5. The Morgan fingerprint density at radius 3 is 2.75 bits per heavy atom. The molecule has 1 saturated carbocycles. The summed E-state index contributed by atoms with van der Waals surface area (Å²) in [6, 6.07) is 5.61. The standard InChI is InChI=1S/C25H32N4O3/c30-22-6-5-21(23(31)27-22)29-14-17-12-16(3-4-20(17)24(29)32)13-28-11-1-2-19(15-28)25-9-7-18(25)8-10-26-25/h3-4,12,18-19,21,26H,1-2,5-11,13-15H2,(H,27,30,31). The molecule has 0 aromatic heterocycles. The zero-order valence-corrected chi connectivity index (χ0v) is 18.6. The molecule has 1 aromatic carbocycles. The van der Waals surface area contributed by atoms with E-state index in [1.54, 1.807) is 4.90 Å². The van der Waals surface area contributed by atoms with Crippen molar-refractivity contribution in [2.45, 2.75) is 69.6 Å². The Labute approximate surface area is 188 Å². The number of amides is 3. The lowest BCUT2D eigenvalue weighted by atomic mass is 9.59. The Morgan fingerprint density at radius 1 is 1.06 bits per heavy atom. The van der Waals surface area contributed by atoms with Crippen LogP contribution in [-0.2, 0) is 22.7 Å². The van der Waals surface area contributed by atoms with Crippen molar-refractivity contribution < 1.29 is 14.4 Å². The lowest BCUT2D eigenvalue weighted by Gasteiger charge is -2.53. The van der Waals surface area contributed by atoms with Crippen LogP contribution < -0.4 is 10.6 Å². The van der Waals surface area contributed by atoms with Crippen molar-refractivity contribution in [3.63, 3.8) is 0 Å². The number of fused-ring (bicyclic) bond motifs is 2. The van der Waals surface area contributed by atoms with Crippen molar-refractivity contribution in [2.24, 2.45) is 11.8 Å². The van der Waals surface area contributed by atoms with E-state index in [1.165, 1.54) is 44.2 Å². The number of nitrogens with zero attached hydrogens (tertiary/aromatic N) is 2. The van der Waals surface area contributed by atoms with E-state index in [0.29, 0.717) is 24.1 Å². The average Bonchev–Trinajstić information content (AvgIpc) is 3.24. The predicted molar refractivity (Wildman–Crippen MR) is 119 cm³/mol. The zero-order valence-electron chi connectivity index (χ0n) is 18.6. The fourth-order valence-electron chi connectivity index (χ4n) is 7.06. The number of imide groups is 1. The lowest BCUT2D eigenvalue weighted by molar-refractivity contribution is -0.136. The highest BCUT2D eigenvalue weighted by Crippen LogP contribution is 2.51. The second kappa shape index (κ2) is 7.66. The third-order valence-corrected chi connectivity index (χ3v) is 8.81. The van der Waals surface area contributed by atoms with E-state index in [2.05, 4.69) is 27.7 Å². The highest BCUT2D eigenvalue weighted by molar-refractivity contribution is 6.05. The van der Waals surface area contributed by atoms with E-state index in [9.17, 15) is 14.4 Å². The molecule has 4 aliphatic heterocycles. The molecule has 0 radical (unpaired) electrons. The molecule has 2 N–H and O–H groups in total. The van der Waals surface area contributed by atoms with Gasteiger partial charge in [-0.3, -0.25) is 24.6 Å². The number of piperidine rings is 2. The first-order valence-electron chi connectivity index (χ1n) is 12.3. The average molecular weight is 437 g/mol. The molecule has 170 valence electrons. The summed E-state index contributed by atoms with van der Waals surface area (Å²) in [7, 11) is 0. The van der Waals surface area contributed by atoms with Gasteiger partial charge >= 0.3 is 0 Å². The fraction of sp³-hybridized carbons (Fsp3) is 0.640. The van der Waals surface area contributed by atoms with Crippen LogP contribution >= 0.6 is 0 Å². The quantitative estimate of drug-likeness (QED) is 0.704. The molecule has 7 nitrogen and oxygen atoms in total. The number of carbonyl (C=O) groups is 3. The van der Waals surface area contributed by atoms with Crippen LogP contribution in [0.25, 0.3) is 0 Å². The summed E-state index contributed by atoms with van der Waals surface area (Å²) in [5.74, 6) is 0.934. The van der Waals surface area contributed by atoms with Crippen molar-refractivity contribution >= 4 is 17.7 Å². The van der Waals surface area contributed by atoms with Gasteiger partial charge in [0, 0.05) is 37.2 Å². The Balaban J connectivity index is 1.14. The minimum absolute atomic E-state index is 0.0958. The van der Waals surface area contributed by atoms with Gasteiger partial charge in [0.2, 0.25) is 11.8 Å². The third kappa shape index (κ3) is 3.20. The molecule has 7 heteroatoms. The van der Waals surface area contributed by atoms with Gasteiger partial charge in [-0.2, -0.15) is 0 Å². The highest BCUT2D eigenvalue weighted by Gasteiger charge is 2.54. The monoisotopic (exact) mass is 436 g/mol. The van der Waals surface area contributed by atoms with E-state index in [-0.39, 0.29) is 24.1 Å². The molecule has 4 fully saturated rings. The highest BCUT2D eigenvalue weighted by atomic mass is 16.2. The summed E-state index contributed by atoms with van der Waals surface area (Å²) in [6.45, 7) is 4.84. The maximum absolute atomic E-state index is 12.9. The van der Waals surface area contributed by atoms with Crippen LogP contribution in [0.5, 0.6) is 0 Å². The zero-order chi connectivity index (χ0) is 21.9. The van der Waals surface area contributed by atoms with Crippen LogP contribution in [0.1, 0.15) is 66.4 Å². The van der Waals surface area contributed by atoms with Gasteiger partial charge in [0.05, 0.1) is 0 Å². The van der Waals surface area contributed by atoms with Crippen molar-refractivity contribution in [3.8, 4) is 0 Å². The molecule has 4 heterocycles. The summed E-state index contributed by atoms with van der Waals surface area (Å²) in [4.78, 5) is 40.9. The number of nitrogens with one attached hydrogen (secondary N) is 2. The molecular weight excluding hydrogens is 404 g/mol. The Kier molecular flexibility index (Phi) is 4.88. The lowest BCUT2D eigenvalue weighted by Crippen LogP contribution is -2.61. The van der Waals surface area contributed by atoms with E-state index >= 15 is 0 Å². The fourth-order valence-corrected chi connectivity index (χ4v) is 7.06. The van der Waals surface area contributed by atoms with Crippen LogP contribution in [0.15, 0.2) is 18.2 Å². The number of rotatable bonds is 4. The van der Waals surface area contributed by atoms with Gasteiger partial charge in [-0.1, -0.05) is 12.1 Å². The van der Waals surface area contributed by atoms with Gasteiger partial charge in [0.25, 0.3) is 5.91 Å². The Morgan fingerprint density at radius 2 is 1.97 bits per heavy atom. The topological polar surface area (TPSA) is 81.8 Å². The van der Waals surface area contributed by atoms with Gasteiger partial charge in [0.15, 0.2) is 0 Å². The number of likely N-dealkylation sites (tertiary alicyclic amines) is 1. The van der Waals surface area contributed by atoms with Crippen molar-refractivity contribution in [1.29, 1.82) is 0 Å². The molecule has 1 aromatic rings. The molecule has 0 bridgehead atoms. The number of benzene rings is 1. The van der Waals surface area contributed by atoms with Crippen molar-refractivity contribution in [3.05, 3.63) is 34.9 Å². The van der Waals surface area contributed by atoms with E-state index in [0.717, 1.165) is 37.0 Å². The summed E-state index contributed by atoms with van der Waals surface area (Å²) in [6.07, 6.45) is 7.36. The van der Waals surface area contributed by atoms with Crippen molar-refractivity contribution in [1.82, 2.24) is 20.4 Å². The molecular formula is C25H32N4O3. The molecule has 32 heavy (non-hydrogen) atoms. The molecule has 0 spiro atoms. The molecule has 5 aliphatic rings.